The van der Waals surface area contributed by atoms with Gasteiger partial charge in [0.2, 0.25) is 0 Å². The van der Waals surface area contributed by atoms with E-state index in [1.165, 1.54) is 64.3 Å². The van der Waals surface area contributed by atoms with Gasteiger partial charge in [-0.2, -0.15) is 17.2 Å². The average molecular weight is 707 g/mol. The van der Waals surface area contributed by atoms with Gasteiger partial charge < -0.3 is 0 Å². The fourth-order valence-corrected chi connectivity index (χ4v) is 5.94. The zero-order valence-electron chi connectivity index (χ0n) is 26.4. The summed E-state index contributed by atoms with van der Waals surface area (Å²) in [5.41, 5.74) is 12.0. The van der Waals surface area contributed by atoms with Crippen molar-refractivity contribution in [2.24, 2.45) is 11.3 Å². The third kappa shape index (κ3) is 9.05. The van der Waals surface area contributed by atoms with Gasteiger partial charge >= 0.3 is 0 Å². The molecule has 6 rings (SSSR count). The minimum Gasteiger partial charge on any atom is -0.263 e. The molecule has 0 unspecified atom stereocenters. The molecule has 0 radical (unpaired) electrons. The normalized spacial score (nSPS) is 15.0. The van der Waals surface area contributed by atoms with Crippen LogP contribution in [0.1, 0.15) is 82.7 Å². The molecule has 0 N–H and O–H groups in total. The van der Waals surface area contributed by atoms with Crippen molar-refractivity contribution in [1.82, 2.24) is 0 Å². The van der Waals surface area contributed by atoms with Crippen molar-refractivity contribution >= 4 is 10.8 Å². The molecule has 0 nitrogen and oxygen atoms in total. The van der Waals surface area contributed by atoms with Gasteiger partial charge in [-0.1, -0.05) is 131 Å². The van der Waals surface area contributed by atoms with Crippen LogP contribution in [0, 0.1) is 17.4 Å². The fourth-order valence-electron chi connectivity index (χ4n) is 5.94. The first-order valence-electron chi connectivity index (χ1n) is 15.2. The predicted octanol–water partition coefficient (Wildman–Crippen LogP) is 10.8. The van der Waals surface area contributed by atoms with Crippen molar-refractivity contribution in [3.8, 4) is 0 Å². The standard InChI is InChI=1S/C16H19.C14H14.C10H15.Hf/c1-11(2)8-14-6-7-15-9-12-4-3-5-13(12)10-16(14)15;1-3-7-13(8-4-1)11-12-14-9-5-2-6-10-14;1-7-6-10(4,5)9(3)8(7)2;/h6-7,9-11H,3-5,8H2,1-2H3;1-10H,11-12H2;1-5H3;/q-1;;-1;. The zero-order valence-corrected chi connectivity index (χ0v) is 30.0. The Labute approximate surface area is 269 Å². The third-order valence-electron chi connectivity index (χ3n) is 8.65. The smallest absolute Gasteiger partial charge is 0 e. The maximum absolute atomic E-state index is 3.44. The van der Waals surface area contributed by atoms with Crippen LogP contribution in [0.15, 0.2) is 102 Å². The molecule has 0 spiro atoms. The number of aryl methyl sites for hydroxylation is 4. The van der Waals surface area contributed by atoms with E-state index < -0.39 is 0 Å². The van der Waals surface area contributed by atoms with E-state index in [1.807, 2.05) is 0 Å². The van der Waals surface area contributed by atoms with Crippen molar-refractivity contribution in [3.05, 3.63) is 136 Å². The predicted molar refractivity (Wildman–Crippen MR) is 175 cm³/mol. The molecule has 4 aromatic carbocycles. The van der Waals surface area contributed by atoms with E-state index in [9.17, 15) is 0 Å². The number of fused-ring (bicyclic) bond motifs is 2. The van der Waals surface area contributed by atoms with Gasteiger partial charge in [0.25, 0.3) is 0 Å². The van der Waals surface area contributed by atoms with Gasteiger partial charge in [-0.05, 0) is 43.2 Å². The first-order valence-corrected chi connectivity index (χ1v) is 15.2. The molecule has 0 fully saturated rings. The van der Waals surface area contributed by atoms with Gasteiger partial charge in [0.05, 0.1) is 0 Å². The van der Waals surface area contributed by atoms with E-state index in [4.69, 9.17) is 0 Å². The SMILES string of the molecule is CC(C)C[c-]1ccc2cc3c(cc21)CCC3.CC1=[C-]C(C)(C)C(C)=C1C.[Hf].c1ccc(CCc2ccccc2)cc1. The van der Waals surface area contributed by atoms with Crippen LogP contribution in [-0.2, 0) is 57.9 Å². The van der Waals surface area contributed by atoms with Gasteiger partial charge in [-0.3, -0.25) is 6.08 Å². The minimum absolute atomic E-state index is 0. The molecular formula is C40H48Hf-2. The molecule has 0 saturated heterocycles. The minimum atomic E-state index is 0. The second-order valence-corrected chi connectivity index (χ2v) is 12.6. The summed E-state index contributed by atoms with van der Waals surface area (Å²) < 4.78 is 0. The Balaban J connectivity index is 0.000000172. The summed E-state index contributed by atoms with van der Waals surface area (Å²) in [6, 6.07) is 30.7. The van der Waals surface area contributed by atoms with Gasteiger partial charge in [-0.15, -0.1) is 41.5 Å². The van der Waals surface area contributed by atoms with Crippen molar-refractivity contribution < 1.29 is 25.8 Å². The zero-order chi connectivity index (χ0) is 28.7. The molecule has 0 amide bonds. The summed E-state index contributed by atoms with van der Waals surface area (Å²) in [5.74, 6) is 0.749. The quantitative estimate of drug-likeness (QED) is 0.143. The van der Waals surface area contributed by atoms with Crippen LogP contribution in [0.2, 0.25) is 0 Å². The molecule has 0 aliphatic heterocycles. The molecule has 1 heteroatoms. The van der Waals surface area contributed by atoms with Crippen LogP contribution in [-0.4, -0.2) is 0 Å². The van der Waals surface area contributed by atoms with Gasteiger partial charge in [-0.25, -0.2) is 5.57 Å². The molecule has 0 bridgehead atoms. The molecule has 0 saturated carbocycles. The van der Waals surface area contributed by atoms with E-state index in [0.29, 0.717) is 0 Å². The molecule has 0 atom stereocenters. The maximum atomic E-state index is 3.44. The van der Waals surface area contributed by atoms with Crippen LogP contribution in [0.3, 0.4) is 0 Å². The molecule has 214 valence electrons. The summed E-state index contributed by atoms with van der Waals surface area (Å²) in [6.07, 6.45) is 10.8. The van der Waals surface area contributed by atoms with Crippen molar-refractivity contribution in [1.29, 1.82) is 0 Å². The van der Waals surface area contributed by atoms with Crippen LogP contribution < -0.4 is 0 Å². The molecule has 0 aromatic heterocycles. The number of benzene rings is 3. The Morgan fingerprint density at radius 3 is 1.76 bits per heavy atom. The Kier molecular flexibility index (Phi) is 12.3. The van der Waals surface area contributed by atoms with E-state index in [0.717, 1.165) is 18.8 Å². The first-order chi connectivity index (χ1) is 19.1. The van der Waals surface area contributed by atoms with Crippen LogP contribution in [0.25, 0.3) is 10.8 Å². The Hall–Kier alpha value is -2.38. The number of hydrogen-bond donors (Lipinski definition) is 0. The van der Waals surface area contributed by atoms with Crippen molar-refractivity contribution in [2.75, 3.05) is 0 Å². The van der Waals surface area contributed by atoms with Gasteiger partial charge in [0.1, 0.15) is 0 Å². The topological polar surface area (TPSA) is 0 Å². The summed E-state index contributed by atoms with van der Waals surface area (Å²) in [6.45, 7) is 15.5. The van der Waals surface area contributed by atoms with Crippen molar-refractivity contribution in [3.63, 3.8) is 0 Å². The molecule has 41 heavy (non-hydrogen) atoms. The summed E-state index contributed by atoms with van der Waals surface area (Å²) >= 11 is 0. The number of allylic oxidation sites excluding steroid dienone is 4. The monoisotopic (exact) mass is 708 g/mol. The van der Waals surface area contributed by atoms with E-state index in [-0.39, 0.29) is 31.3 Å². The van der Waals surface area contributed by atoms with Crippen LogP contribution >= 0.6 is 0 Å². The Morgan fingerprint density at radius 2 is 1.32 bits per heavy atom. The maximum Gasteiger partial charge on any atom is 0 e. The molecular weight excluding hydrogens is 659 g/mol. The molecule has 2 aliphatic carbocycles. The van der Waals surface area contributed by atoms with E-state index in [2.05, 4.69) is 139 Å². The Morgan fingerprint density at radius 1 is 0.780 bits per heavy atom. The van der Waals surface area contributed by atoms with Crippen LogP contribution in [0.4, 0.5) is 0 Å². The number of rotatable bonds is 5. The molecule has 0 heterocycles. The number of hydrogen-bond acceptors (Lipinski definition) is 0. The second-order valence-electron chi connectivity index (χ2n) is 12.6. The molecule has 2 aliphatic rings. The average Bonchev–Trinajstić information content (AvgIpc) is 3.61. The van der Waals surface area contributed by atoms with Gasteiger partial charge in [0, 0.05) is 25.8 Å². The summed E-state index contributed by atoms with van der Waals surface area (Å²) in [5, 5.41) is 2.96. The van der Waals surface area contributed by atoms with E-state index >= 15 is 0 Å². The van der Waals surface area contributed by atoms with Crippen molar-refractivity contribution in [2.45, 2.75) is 87.0 Å². The van der Waals surface area contributed by atoms with Crippen LogP contribution in [0.5, 0.6) is 0 Å². The van der Waals surface area contributed by atoms with Gasteiger partial charge in [0.15, 0.2) is 0 Å². The Bertz CT molecular complexity index is 1410. The second kappa shape index (κ2) is 15.2. The molecule has 4 aromatic rings. The fraction of sp³-hybridized carbons (Fsp3) is 0.375. The van der Waals surface area contributed by atoms with E-state index in [1.54, 1.807) is 16.7 Å². The summed E-state index contributed by atoms with van der Waals surface area (Å²) in [4.78, 5) is 0. The largest absolute Gasteiger partial charge is 0.263 e. The first kappa shape index (κ1) is 33.1. The third-order valence-corrected chi connectivity index (χ3v) is 8.65. The summed E-state index contributed by atoms with van der Waals surface area (Å²) in [7, 11) is 0.